The molecule has 0 aliphatic heterocycles. The SMILES string of the molecule is CC(c1cccc(OC(F)F)c1)n1ncc(Br)c1N. The van der Waals surface area contributed by atoms with Crippen LogP contribution in [0.3, 0.4) is 0 Å². The summed E-state index contributed by atoms with van der Waals surface area (Å²) in [4.78, 5) is 0. The molecule has 0 saturated heterocycles. The van der Waals surface area contributed by atoms with Crippen molar-refractivity contribution in [1.29, 1.82) is 0 Å². The van der Waals surface area contributed by atoms with Crippen molar-refractivity contribution < 1.29 is 13.5 Å². The van der Waals surface area contributed by atoms with E-state index in [1.165, 1.54) is 6.07 Å². The van der Waals surface area contributed by atoms with Gasteiger partial charge in [-0.25, -0.2) is 4.68 Å². The Balaban J connectivity index is 2.28. The maximum absolute atomic E-state index is 12.2. The number of hydrogen-bond acceptors (Lipinski definition) is 3. The number of aromatic nitrogens is 2. The second kappa shape index (κ2) is 5.56. The van der Waals surface area contributed by atoms with Crippen LogP contribution in [0.4, 0.5) is 14.6 Å². The monoisotopic (exact) mass is 331 g/mol. The zero-order valence-electron chi connectivity index (χ0n) is 10.1. The smallest absolute Gasteiger partial charge is 0.387 e. The van der Waals surface area contributed by atoms with Crippen molar-refractivity contribution in [2.45, 2.75) is 19.6 Å². The Bertz CT molecular complexity index is 574. The molecule has 0 saturated carbocycles. The Morgan fingerprint density at radius 3 is 2.74 bits per heavy atom. The van der Waals surface area contributed by atoms with Crippen molar-refractivity contribution in [2.75, 3.05) is 5.73 Å². The Morgan fingerprint density at radius 1 is 1.42 bits per heavy atom. The van der Waals surface area contributed by atoms with Crippen LogP contribution in [-0.2, 0) is 0 Å². The summed E-state index contributed by atoms with van der Waals surface area (Å²) in [6, 6.07) is 6.29. The molecule has 7 heteroatoms. The van der Waals surface area contributed by atoms with E-state index in [1.807, 2.05) is 6.92 Å². The lowest BCUT2D eigenvalue weighted by atomic mass is 10.1. The summed E-state index contributed by atoms with van der Waals surface area (Å²) in [5.41, 5.74) is 6.64. The third-order valence-corrected chi connectivity index (χ3v) is 3.33. The minimum Gasteiger partial charge on any atom is -0.435 e. The van der Waals surface area contributed by atoms with Gasteiger partial charge in [0.25, 0.3) is 0 Å². The molecule has 0 aliphatic rings. The second-order valence-electron chi connectivity index (χ2n) is 3.95. The van der Waals surface area contributed by atoms with Gasteiger partial charge in [-0.15, -0.1) is 0 Å². The summed E-state index contributed by atoms with van der Waals surface area (Å²) in [6.45, 7) is -0.966. The standard InChI is InChI=1S/C12H12BrF2N3O/c1-7(18-11(16)10(13)6-17-18)8-3-2-4-9(5-8)19-12(14)15/h2-7,12H,16H2,1H3. The van der Waals surface area contributed by atoms with E-state index in [1.54, 1.807) is 29.1 Å². The van der Waals surface area contributed by atoms with Crippen LogP contribution >= 0.6 is 15.9 Å². The van der Waals surface area contributed by atoms with Gasteiger partial charge in [0.2, 0.25) is 0 Å². The van der Waals surface area contributed by atoms with Crippen LogP contribution < -0.4 is 10.5 Å². The van der Waals surface area contributed by atoms with Crippen molar-refractivity contribution in [2.24, 2.45) is 0 Å². The third-order valence-electron chi connectivity index (χ3n) is 2.72. The molecule has 1 unspecified atom stereocenters. The second-order valence-corrected chi connectivity index (χ2v) is 4.80. The number of halogens is 3. The highest BCUT2D eigenvalue weighted by molar-refractivity contribution is 9.10. The summed E-state index contributed by atoms with van der Waals surface area (Å²) in [7, 11) is 0. The summed E-state index contributed by atoms with van der Waals surface area (Å²) >= 11 is 3.27. The van der Waals surface area contributed by atoms with Crippen LogP contribution in [-0.4, -0.2) is 16.4 Å². The van der Waals surface area contributed by atoms with Crippen molar-refractivity contribution >= 4 is 21.7 Å². The van der Waals surface area contributed by atoms with E-state index < -0.39 is 6.61 Å². The molecule has 0 spiro atoms. The van der Waals surface area contributed by atoms with Crippen LogP contribution in [0.1, 0.15) is 18.5 Å². The predicted molar refractivity (Wildman–Crippen MR) is 71.2 cm³/mol. The van der Waals surface area contributed by atoms with E-state index in [-0.39, 0.29) is 11.8 Å². The normalized spacial score (nSPS) is 12.7. The zero-order valence-corrected chi connectivity index (χ0v) is 11.6. The van der Waals surface area contributed by atoms with Crippen molar-refractivity contribution in [3.8, 4) is 5.75 Å². The number of hydrogen-bond donors (Lipinski definition) is 1. The Morgan fingerprint density at radius 2 is 2.16 bits per heavy atom. The average Bonchev–Trinajstić information content (AvgIpc) is 2.69. The lowest BCUT2D eigenvalue weighted by Crippen LogP contribution is -2.12. The van der Waals surface area contributed by atoms with E-state index in [2.05, 4.69) is 25.8 Å². The minimum atomic E-state index is -2.84. The first-order valence-corrected chi connectivity index (χ1v) is 6.31. The molecule has 0 fully saturated rings. The van der Waals surface area contributed by atoms with Gasteiger partial charge in [0.05, 0.1) is 16.7 Å². The minimum absolute atomic E-state index is 0.115. The quantitative estimate of drug-likeness (QED) is 0.933. The van der Waals surface area contributed by atoms with Crippen LogP contribution in [0.25, 0.3) is 0 Å². The largest absolute Gasteiger partial charge is 0.435 e. The number of benzene rings is 1. The van der Waals surface area contributed by atoms with Crippen LogP contribution in [0.5, 0.6) is 5.75 Å². The molecule has 1 heterocycles. The number of ether oxygens (including phenoxy) is 1. The van der Waals surface area contributed by atoms with Crippen LogP contribution in [0.15, 0.2) is 34.9 Å². The molecule has 2 rings (SSSR count). The van der Waals surface area contributed by atoms with Gasteiger partial charge in [0.15, 0.2) is 0 Å². The van der Waals surface area contributed by atoms with E-state index in [9.17, 15) is 8.78 Å². The Hall–Kier alpha value is -1.63. The van der Waals surface area contributed by atoms with Gasteiger partial charge in [0.1, 0.15) is 11.6 Å². The fourth-order valence-corrected chi connectivity index (χ4v) is 2.02. The first-order valence-electron chi connectivity index (χ1n) is 5.52. The number of nitrogens with two attached hydrogens (primary N) is 1. The number of alkyl halides is 2. The third kappa shape index (κ3) is 3.04. The highest BCUT2D eigenvalue weighted by Gasteiger charge is 2.14. The lowest BCUT2D eigenvalue weighted by molar-refractivity contribution is -0.0499. The maximum Gasteiger partial charge on any atom is 0.387 e. The van der Waals surface area contributed by atoms with Crippen LogP contribution in [0, 0.1) is 0 Å². The number of nitrogens with zero attached hydrogens (tertiary/aromatic N) is 2. The van der Waals surface area contributed by atoms with Gasteiger partial charge in [-0.3, -0.25) is 0 Å². The first-order chi connectivity index (χ1) is 8.99. The van der Waals surface area contributed by atoms with E-state index in [0.29, 0.717) is 10.3 Å². The fraction of sp³-hybridized carbons (Fsp3) is 0.250. The van der Waals surface area contributed by atoms with Gasteiger partial charge >= 0.3 is 6.61 Å². The lowest BCUT2D eigenvalue weighted by Gasteiger charge is -2.15. The highest BCUT2D eigenvalue weighted by atomic mass is 79.9. The number of rotatable bonds is 4. The molecule has 2 N–H and O–H groups in total. The Labute approximate surface area is 117 Å². The van der Waals surface area contributed by atoms with Gasteiger partial charge < -0.3 is 10.5 Å². The van der Waals surface area contributed by atoms with Crippen molar-refractivity contribution in [3.63, 3.8) is 0 Å². The maximum atomic E-state index is 12.2. The van der Waals surface area contributed by atoms with Crippen LogP contribution in [0.2, 0.25) is 0 Å². The predicted octanol–water partition coefficient (Wildman–Crippen LogP) is 3.44. The highest BCUT2D eigenvalue weighted by Crippen LogP contribution is 2.27. The summed E-state index contributed by atoms with van der Waals surface area (Å²) in [6.07, 6.45) is 1.59. The molecule has 0 aliphatic carbocycles. The number of anilines is 1. The van der Waals surface area contributed by atoms with Gasteiger partial charge in [-0.2, -0.15) is 13.9 Å². The fourth-order valence-electron chi connectivity index (χ4n) is 1.75. The molecule has 1 aromatic heterocycles. The molecule has 0 radical (unpaired) electrons. The van der Waals surface area contributed by atoms with Crippen molar-refractivity contribution in [3.05, 3.63) is 40.5 Å². The molecule has 1 atom stereocenters. The first kappa shape index (κ1) is 13.8. The molecule has 0 amide bonds. The van der Waals surface area contributed by atoms with E-state index >= 15 is 0 Å². The molecule has 102 valence electrons. The average molecular weight is 332 g/mol. The van der Waals surface area contributed by atoms with E-state index in [4.69, 9.17) is 5.73 Å². The van der Waals surface area contributed by atoms with Crippen molar-refractivity contribution in [1.82, 2.24) is 9.78 Å². The van der Waals surface area contributed by atoms with E-state index in [0.717, 1.165) is 5.56 Å². The summed E-state index contributed by atoms with van der Waals surface area (Å²) in [5, 5.41) is 4.14. The van der Waals surface area contributed by atoms with Gasteiger partial charge in [-0.05, 0) is 40.5 Å². The molecule has 19 heavy (non-hydrogen) atoms. The summed E-state index contributed by atoms with van der Waals surface area (Å²) in [5.74, 6) is 0.594. The molecule has 2 aromatic rings. The molecular weight excluding hydrogens is 320 g/mol. The number of nitrogen functional groups attached to an aromatic ring is 1. The molecule has 4 nitrogen and oxygen atoms in total. The summed E-state index contributed by atoms with van der Waals surface area (Å²) < 4.78 is 31.0. The molecule has 1 aromatic carbocycles. The topological polar surface area (TPSA) is 53.1 Å². The molecule has 0 bridgehead atoms. The molecular formula is C12H12BrF2N3O. The zero-order chi connectivity index (χ0) is 14.0. The van der Waals surface area contributed by atoms with Gasteiger partial charge in [-0.1, -0.05) is 12.1 Å². The van der Waals surface area contributed by atoms with Gasteiger partial charge in [0, 0.05) is 0 Å². The Kier molecular flexibility index (Phi) is 4.04.